The first-order chi connectivity index (χ1) is 12.2. The maximum absolute atomic E-state index is 12.6. The fourth-order valence-electron chi connectivity index (χ4n) is 3.33. The molecule has 0 spiro atoms. The number of aryl methyl sites for hydroxylation is 1. The van der Waals surface area contributed by atoms with Crippen LogP contribution in [0.2, 0.25) is 0 Å². The van der Waals surface area contributed by atoms with Crippen molar-refractivity contribution in [3.05, 3.63) is 47.0 Å². The largest absolute Gasteiger partial charge is 0.351 e. The quantitative estimate of drug-likeness (QED) is 0.757. The Kier molecular flexibility index (Phi) is 4.55. The van der Waals surface area contributed by atoms with E-state index in [4.69, 9.17) is 0 Å². The molecule has 25 heavy (non-hydrogen) atoms. The lowest BCUT2D eigenvalue weighted by atomic mass is 10.00. The van der Waals surface area contributed by atoms with Crippen LogP contribution in [0, 0.1) is 12.8 Å². The van der Waals surface area contributed by atoms with Crippen molar-refractivity contribution in [1.29, 1.82) is 0 Å². The molecule has 130 valence electrons. The molecule has 0 radical (unpaired) electrons. The van der Waals surface area contributed by atoms with Gasteiger partial charge in [-0.3, -0.25) is 4.79 Å². The van der Waals surface area contributed by atoms with Gasteiger partial charge in [0, 0.05) is 11.9 Å². The summed E-state index contributed by atoms with van der Waals surface area (Å²) in [7, 11) is 0. The number of nitrogens with one attached hydrogen (secondary N) is 2. The monoisotopic (exact) mass is 354 g/mol. The lowest BCUT2D eigenvalue weighted by Crippen LogP contribution is -2.37. The number of hydrogen-bond acceptors (Lipinski definition) is 4. The van der Waals surface area contributed by atoms with E-state index in [0.717, 1.165) is 46.1 Å². The van der Waals surface area contributed by atoms with Gasteiger partial charge in [0.05, 0.1) is 16.3 Å². The van der Waals surface area contributed by atoms with E-state index in [9.17, 15) is 4.79 Å². The Balaban J connectivity index is 1.55. The summed E-state index contributed by atoms with van der Waals surface area (Å²) in [6.45, 7) is 4.82. The number of piperidine rings is 1. The molecule has 2 N–H and O–H groups in total. The summed E-state index contributed by atoms with van der Waals surface area (Å²) in [4.78, 5) is 14.3. The molecule has 1 aliphatic heterocycles. The second-order valence-electron chi connectivity index (χ2n) is 6.58. The highest BCUT2D eigenvalue weighted by atomic mass is 32.1. The standard InChI is InChI=1S/C19H22N4OS/c1-13-16-10-17(18(24)21-12-14-6-5-9-20-11-14)25-19(16)23(22-13)15-7-3-2-4-8-15/h2-4,7-8,10,14,20H,5-6,9,11-12H2,1H3,(H,21,24). The van der Waals surface area contributed by atoms with Gasteiger partial charge in [-0.1, -0.05) is 18.2 Å². The van der Waals surface area contributed by atoms with Gasteiger partial charge in [-0.15, -0.1) is 11.3 Å². The number of para-hydroxylation sites is 1. The number of thiophene rings is 1. The van der Waals surface area contributed by atoms with E-state index in [1.54, 1.807) is 0 Å². The van der Waals surface area contributed by atoms with Gasteiger partial charge in [-0.2, -0.15) is 5.10 Å². The van der Waals surface area contributed by atoms with Crippen LogP contribution in [0.1, 0.15) is 28.2 Å². The third-order valence-corrected chi connectivity index (χ3v) is 5.83. The summed E-state index contributed by atoms with van der Waals surface area (Å²) in [5.41, 5.74) is 1.97. The highest BCUT2D eigenvalue weighted by Gasteiger charge is 2.19. The molecular formula is C19H22N4OS. The molecule has 0 aliphatic carbocycles. The molecule has 2 aromatic heterocycles. The number of amides is 1. The van der Waals surface area contributed by atoms with Crippen molar-refractivity contribution in [3.63, 3.8) is 0 Å². The van der Waals surface area contributed by atoms with Gasteiger partial charge in [0.25, 0.3) is 5.91 Å². The molecule has 6 heteroatoms. The average molecular weight is 354 g/mol. The molecule has 1 unspecified atom stereocenters. The number of hydrogen-bond donors (Lipinski definition) is 2. The highest BCUT2D eigenvalue weighted by molar-refractivity contribution is 7.20. The fourth-order valence-corrected chi connectivity index (χ4v) is 4.42. The van der Waals surface area contributed by atoms with Crippen LogP contribution < -0.4 is 10.6 Å². The predicted octanol–water partition coefficient (Wildman–Crippen LogP) is 3.12. The lowest BCUT2D eigenvalue weighted by Gasteiger charge is -2.22. The Morgan fingerprint density at radius 1 is 1.40 bits per heavy atom. The number of carbonyl (C=O) groups is 1. The fraction of sp³-hybridized carbons (Fsp3) is 0.368. The van der Waals surface area contributed by atoms with E-state index in [-0.39, 0.29) is 5.91 Å². The molecule has 0 saturated carbocycles. The summed E-state index contributed by atoms with van der Waals surface area (Å²) < 4.78 is 1.93. The number of aromatic nitrogens is 2. The van der Waals surface area contributed by atoms with Gasteiger partial charge >= 0.3 is 0 Å². The van der Waals surface area contributed by atoms with Gasteiger partial charge in [-0.05, 0) is 57.0 Å². The molecule has 3 heterocycles. The first-order valence-corrected chi connectivity index (χ1v) is 9.57. The minimum absolute atomic E-state index is 0.0192. The number of fused-ring (bicyclic) bond motifs is 1. The van der Waals surface area contributed by atoms with E-state index < -0.39 is 0 Å². The summed E-state index contributed by atoms with van der Waals surface area (Å²) in [6.07, 6.45) is 2.37. The average Bonchev–Trinajstić information content (AvgIpc) is 3.22. The van der Waals surface area contributed by atoms with Crippen molar-refractivity contribution < 1.29 is 4.79 Å². The smallest absolute Gasteiger partial charge is 0.261 e. The molecule has 1 saturated heterocycles. The molecule has 1 amide bonds. The van der Waals surface area contributed by atoms with E-state index in [0.29, 0.717) is 5.92 Å². The van der Waals surface area contributed by atoms with Gasteiger partial charge in [0.2, 0.25) is 0 Å². The van der Waals surface area contributed by atoms with Crippen molar-refractivity contribution in [2.45, 2.75) is 19.8 Å². The van der Waals surface area contributed by atoms with Crippen molar-refractivity contribution in [2.24, 2.45) is 5.92 Å². The van der Waals surface area contributed by atoms with Crippen molar-refractivity contribution in [2.75, 3.05) is 19.6 Å². The maximum Gasteiger partial charge on any atom is 0.261 e. The first kappa shape index (κ1) is 16.3. The second kappa shape index (κ2) is 6.98. The van der Waals surface area contributed by atoms with Crippen LogP contribution in [0.15, 0.2) is 36.4 Å². The van der Waals surface area contributed by atoms with Crippen LogP contribution in [-0.4, -0.2) is 35.3 Å². The molecule has 3 aromatic rings. The Bertz CT molecular complexity index is 878. The van der Waals surface area contributed by atoms with Gasteiger partial charge in [-0.25, -0.2) is 4.68 Å². The Hall–Kier alpha value is -2.18. The Labute approximate surface area is 151 Å². The summed E-state index contributed by atoms with van der Waals surface area (Å²) in [6, 6.07) is 12.0. The number of rotatable bonds is 4. The molecule has 1 aromatic carbocycles. The number of benzene rings is 1. The molecule has 1 aliphatic rings. The lowest BCUT2D eigenvalue weighted by molar-refractivity contribution is 0.0949. The summed E-state index contributed by atoms with van der Waals surface area (Å²) in [5, 5.41) is 12.2. The molecule has 1 atom stereocenters. The molecule has 0 bridgehead atoms. The van der Waals surface area contributed by atoms with Crippen LogP contribution in [-0.2, 0) is 0 Å². The maximum atomic E-state index is 12.6. The van der Waals surface area contributed by atoms with E-state index in [2.05, 4.69) is 15.7 Å². The Morgan fingerprint density at radius 3 is 3.00 bits per heavy atom. The Morgan fingerprint density at radius 2 is 2.24 bits per heavy atom. The van der Waals surface area contributed by atoms with Crippen molar-refractivity contribution in [3.8, 4) is 5.69 Å². The van der Waals surface area contributed by atoms with Gasteiger partial charge in [0.1, 0.15) is 4.83 Å². The van der Waals surface area contributed by atoms with Crippen molar-refractivity contribution in [1.82, 2.24) is 20.4 Å². The highest BCUT2D eigenvalue weighted by Crippen LogP contribution is 2.30. The van der Waals surface area contributed by atoms with E-state index in [1.807, 2.05) is 48.0 Å². The zero-order chi connectivity index (χ0) is 17.2. The van der Waals surface area contributed by atoms with Crippen LogP contribution in [0.25, 0.3) is 15.9 Å². The van der Waals surface area contributed by atoms with Crippen LogP contribution in [0.4, 0.5) is 0 Å². The van der Waals surface area contributed by atoms with Crippen LogP contribution in [0.5, 0.6) is 0 Å². The van der Waals surface area contributed by atoms with E-state index in [1.165, 1.54) is 24.2 Å². The molecule has 5 nitrogen and oxygen atoms in total. The molecule has 4 rings (SSSR count). The predicted molar refractivity (Wildman–Crippen MR) is 102 cm³/mol. The minimum atomic E-state index is 0.0192. The van der Waals surface area contributed by atoms with Gasteiger partial charge in [0.15, 0.2) is 0 Å². The van der Waals surface area contributed by atoms with Crippen LogP contribution in [0.3, 0.4) is 0 Å². The first-order valence-electron chi connectivity index (χ1n) is 8.76. The topological polar surface area (TPSA) is 59.0 Å². The minimum Gasteiger partial charge on any atom is -0.351 e. The normalized spacial score (nSPS) is 17.7. The van der Waals surface area contributed by atoms with Crippen LogP contribution >= 0.6 is 11.3 Å². The SMILES string of the molecule is Cc1nn(-c2ccccc2)c2sc(C(=O)NCC3CCCNC3)cc12. The summed E-state index contributed by atoms with van der Waals surface area (Å²) in [5.74, 6) is 0.555. The third kappa shape index (κ3) is 3.32. The van der Waals surface area contributed by atoms with Crippen molar-refractivity contribution >= 4 is 27.5 Å². The zero-order valence-corrected chi connectivity index (χ0v) is 15.1. The second-order valence-corrected chi connectivity index (χ2v) is 7.62. The third-order valence-electron chi connectivity index (χ3n) is 4.72. The molecular weight excluding hydrogens is 332 g/mol. The number of carbonyl (C=O) groups excluding carboxylic acids is 1. The zero-order valence-electron chi connectivity index (χ0n) is 14.3. The van der Waals surface area contributed by atoms with Gasteiger partial charge < -0.3 is 10.6 Å². The summed E-state index contributed by atoms with van der Waals surface area (Å²) >= 11 is 1.51. The number of nitrogens with zero attached hydrogens (tertiary/aromatic N) is 2. The van der Waals surface area contributed by atoms with E-state index >= 15 is 0 Å². The molecule has 1 fully saturated rings.